The third-order valence-corrected chi connectivity index (χ3v) is 3.32. The van der Waals surface area contributed by atoms with Gasteiger partial charge in [-0.2, -0.15) is 5.10 Å². The highest BCUT2D eigenvalue weighted by atomic mass is 15.5. The Balaban J connectivity index is 1.72. The molecule has 0 spiro atoms. The Kier molecular flexibility index (Phi) is 3.27. The normalized spacial score (nSPS) is 14.6. The van der Waals surface area contributed by atoms with E-state index in [1.54, 1.807) is 0 Å². The third kappa shape index (κ3) is 2.81. The van der Waals surface area contributed by atoms with Gasteiger partial charge in [0.15, 0.2) is 0 Å². The first-order valence-corrected chi connectivity index (χ1v) is 6.62. The average molecular weight is 251 g/mol. The third-order valence-electron chi connectivity index (χ3n) is 3.32. The van der Waals surface area contributed by atoms with Crippen LogP contribution >= 0.6 is 0 Å². The Hall–Kier alpha value is -2.16. The number of aromatic nitrogens is 1. The van der Waals surface area contributed by atoms with E-state index in [0.717, 1.165) is 25.1 Å². The van der Waals surface area contributed by atoms with E-state index in [1.807, 2.05) is 18.3 Å². The van der Waals surface area contributed by atoms with E-state index >= 15 is 0 Å². The zero-order chi connectivity index (χ0) is 13.1. The van der Waals surface area contributed by atoms with Gasteiger partial charge in [-0.05, 0) is 31.2 Å². The van der Waals surface area contributed by atoms with Crippen LogP contribution in [-0.2, 0) is 6.42 Å². The molecule has 96 valence electrons. The molecule has 0 saturated carbocycles. The van der Waals surface area contributed by atoms with Crippen LogP contribution in [0, 0.1) is 6.92 Å². The Morgan fingerprint density at radius 2 is 1.95 bits per heavy atom. The van der Waals surface area contributed by atoms with Gasteiger partial charge in [-0.1, -0.05) is 23.8 Å². The molecule has 0 unspecified atom stereocenters. The summed E-state index contributed by atoms with van der Waals surface area (Å²) in [5.41, 5.74) is 4.74. The number of pyridine rings is 1. The van der Waals surface area contributed by atoms with E-state index in [-0.39, 0.29) is 0 Å². The molecule has 1 aliphatic rings. The first-order valence-electron chi connectivity index (χ1n) is 6.62. The van der Waals surface area contributed by atoms with E-state index in [1.165, 1.54) is 17.0 Å². The molecule has 1 aromatic heterocycles. The molecular formula is C16H17N3. The van der Waals surface area contributed by atoms with Crippen LogP contribution < -0.4 is 5.01 Å². The van der Waals surface area contributed by atoms with Crippen molar-refractivity contribution in [3.63, 3.8) is 0 Å². The second-order valence-electron chi connectivity index (χ2n) is 4.87. The molecule has 3 nitrogen and oxygen atoms in total. The lowest BCUT2D eigenvalue weighted by Crippen LogP contribution is -2.11. The molecule has 1 aliphatic heterocycles. The van der Waals surface area contributed by atoms with Crippen LogP contribution in [0.2, 0.25) is 0 Å². The van der Waals surface area contributed by atoms with Crippen molar-refractivity contribution >= 4 is 11.4 Å². The predicted molar refractivity (Wildman–Crippen MR) is 78.5 cm³/mol. The maximum atomic E-state index is 4.69. The molecule has 0 atom stereocenters. The summed E-state index contributed by atoms with van der Waals surface area (Å²) in [6, 6.07) is 14.5. The Labute approximate surface area is 113 Å². The summed E-state index contributed by atoms with van der Waals surface area (Å²) in [7, 11) is 0. The summed E-state index contributed by atoms with van der Waals surface area (Å²) >= 11 is 0. The minimum absolute atomic E-state index is 0.850. The highest BCUT2D eigenvalue weighted by molar-refractivity contribution is 5.89. The molecule has 2 aromatic rings. The fraction of sp³-hybridized carbons (Fsp3) is 0.250. The van der Waals surface area contributed by atoms with Crippen molar-refractivity contribution in [1.29, 1.82) is 0 Å². The molecule has 0 fully saturated rings. The lowest BCUT2D eigenvalue weighted by molar-refractivity contribution is 0.921. The van der Waals surface area contributed by atoms with Crippen LogP contribution in [0.25, 0.3) is 0 Å². The van der Waals surface area contributed by atoms with Crippen LogP contribution in [-0.4, -0.2) is 17.2 Å². The topological polar surface area (TPSA) is 28.5 Å². The monoisotopic (exact) mass is 251 g/mol. The van der Waals surface area contributed by atoms with E-state index in [4.69, 9.17) is 5.10 Å². The van der Waals surface area contributed by atoms with E-state index in [0.29, 0.717) is 0 Å². The lowest BCUT2D eigenvalue weighted by atomic mass is 10.1. The molecule has 0 N–H and O–H groups in total. The molecule has 3 heteroatoms. The summed E-state index contributed by atoms with van der Waals surface area (Å²) in [6.45, 7) is 3.06. The fourth-order valence-electron chi connectivity index (χ4n) is 2.24. The van der Waals surface area contributed by atoms with E-state index in [9.17, 15) is 0 Å². The van der Waals surface area contributed by atoms with Crippen LogP contribution in [0.3, 0.4) is 0 Å². The molecule has 1 aromatic carbocycles. The predicted octanol–water partition coefficient (Wildman–Crippen LogP) is 3.20. The Morgan fingerprint density at radius 1 is 1.11 bits per heavy atom. The standard InChI is InChI=1S/C16H17N3/c1-13-5-7-16(8-6-13)19-11-9-15(18-19)12-14-4-2-3-10-17-14/h2-8,10H,9,11-12H2,1H3. The largest absolute Gasteiger partial charge is 0.265 e. The summed E-state index contributed by atoms with van der Waals surface area (Å²) in [4.78, 5) is 4.35. The summed E-state index contributed by atoms with van der Waals surface area (Å²) in [5, 5.41) is 6.77. The maximum absolute atomic E-state index is 4.69. The van der Waals surface area contributed by atoms with Gasteiger partial charge in [-0.15, -0.1) is 0 Å². The minimum atomic E-state index is 0.850. The average Bonchev–Trinajstić information content (AvgIpc) is 2.89. The van der Waals surface area contributed by atoms with Crippen molar-refractivity contribution in [3.8, 4) is 0 Å². The quantitative estimate of drug-likeness (QED) is 0.838. The van der Waals surface area contributed by atoms with Gasteiger partial charge >= 0.3 is 0 Å². The van der Waals surface area contributed by atoms with Gasteiger partial charge < -0.3 is 0 Å². The molecule has 19 heavy (non-hydrogen) atoms. The van der Waals surface area contributed by atoms with Crippen LogP contribution in [0.4, 0.5) is 5.69 Å². The van der Waals surface area contributed by atoms with Crippen molar-refractivity contribution in [2.75, 3.05) is 11.6 Å². The zero-order valence-electron chi connectivity index (χ0n) is 11.1. The number of nitrogens with zero attached hydrogens (tertiary/aromatic N) is 3. The van der Waals surface area contributed by atoms with Gasteiger partial charge in [-0.25, -0.2) is 0 Å². The number of benzene rings is 1. The van der Waals surface area contributed by atoms with Crippen LogP contribution in [0.1, 0.15) is 17.7 Å². The lowest BCUT2D eigenvalue weighted by Gasteiger charge is -2.13. The first-order chi connectivity index (χ1) is 9.31. The summed E-state index contributed by atoms with van der Waals surface area (Å²) < 4.78 is 0. The number of rotatable bonds is 3. The highest BCUT2D eigenvalue weighted by Gasteiger charge is 2.16. The molecule has 0 aliphatic carbocycles. The fourth-order valence-corrected chi connectivity index (χ4v) is 2.24. The van der Waals surface area contributed by atoms with Gasteiger partial charge in [-0.3, -0.25) is 9.99 Å². The molecular weight excluding hydrogens is 234 g/mol. The van der Waals surface area contributed by atoms with Gasteiger partial charge in [0.2, 0.25) is 0 Å². The van der Waals surface area contributed by atoms with Gasteiger partial charge in [0, 0.05) is 37.0 Å². The number of hydrogen-bond donors (Lipinski definition) is 0. The number of anilines is 1. The van der Waals surface area contributed by atoms with Gasteiger partial charge in [0.05, 0.1) is 5.69 Å². The summed E-state index contributed by atoms with van der Waals surface area (Å²) in [6.07, 6.45) is 3.70. The zero-order valence-corrected chi connectivity index (χ0v) is 11.1. The number of hydrazone groups is 1. The minimum Gasteiger partial charge on any atom is -0.265 e. The van der Waals surface area contributed by atoms with Crippen molar-refractivity contribution in [3.05, 3.63) is 59.9 Å². The van der Waals surface area contributed by atoms with E-state index in [2.05, 4.69) is 47.2 Å². The van der Waals surface area contributed by atoms with E-state index < -0.39 is 0 Å². The Bertz CT molecular complexity index is 573. The second kappa shape index (κ2) is 5.22. The molecule has 0 saturated heterocycles. The molecule has 0 radical (unpaired) electrons. The smallest absolute Gasteiger partial charge is 0.0594 e. The van der Waals surface area contributed by atoms with Crippen molar-refractivity contribution in [1.82, 2.24) is 4.98 Å². The first kappa shape index (κ1) is 11.9. The SMILES string of the molecule is Cc1ccc(N2CCC(Cc3ccccn3)=N2)cc1. The summed E-state index contributed by atoms with van der Waals surface area (Å²) in [5.74, 6) is 0. The van der Waals surface area contributed by atoms with Crippen LogP contribution in [0.15, 0.2) is 53.8 Å². The van der Waals surface area contributed by atoms with Gasteiger partial charge in [0.1, 0.15) is 0 Å². The maximum Gasteiger partial charge on any atom is 0.0594 e. The van der Waals surface area contributed by atoms with Gasteiger partial charge in [0.25, 0.3) is 0 Å². The van der Waals surface area contributed by atoms with Crippen molar-refractivity contribution in [2.45, 2.75) is 19.8 Å². The van der Waals surface area contributed by atoms with Crippen molar-refractivity contribution < 1.29 is 0 Å². The number of aryl methyl sites for hydroxylation is 1. The second-order valence-corrected chi connectivity index (χ2v) is 4.87. The molecule has 0 bridgehead atoms. The Morgan fingerprint density at radius 3 is 2.68 bits per heavy atom. The van der Waals surface area contributed by atoms with Crippen molar-refractivity contribution in [2.24, 2.45) is 5.10 Å². The molecule has 3 rings (SSSR count). The molecule has 0 amide bonds. The highest BCUT2D eigenvalue weighted by Crippen LogP contribution is 2.20. The van der Waals surface area contributed by atoms with Crippen LogP contribution in [0.5, 0.6) is 0 Å². The number of hydrogen-bond acceptors (Lipinski definition) is 3. The molecule has 2 heterocycles.